The molecular formula is C12H15BrClNO. The topological polar surface area (TPSA) is 21.3 Å². The minimum absolute atomic E-state index is 0.132. The van der Waals surface area contributed by atoms with Gasteiger partial charge in [0, 0.05) is 28.6 Å². The number of halogens is 2. The maximum Gasteiger partial charge on any atom is 0.0880 e. The number of rotatable bonds is 3. The molecule has 4 heteroatoms. The normalized spacial score (nSPS) is 24.9. The van der Waals surface area contributed by atoms with Crippen LogP contribution in [-0.4, -0.2) is 20.2 Å². The molecule has 1 aliphatic heterocycles. The molecule has 2 atom stereocenters. The third kappa shape index (κ3) is 2.59. The summed E-state index contributed by atoms with van der Waals surface area (Å²) in [5, 5.41) is 3.99. The van der Waals surface area contributed by atoms with Gasteiger partial charge in [0.1, 0.15) is 0 Å². The zero-order valence-corrected chi connectivity index (χ0v) is 11.5. The van der Waals surface area contributed by atoms with Gasteiger partial charge in [-0.05, 0) is 31.2 Å². The second-order valence-electron chi connectivity index (χ2n) is 4.06. The van der Waals surface area contributed by atoms with Crippen molar-refractivity contribution in [3.05, 3.63) is 33.3 Å². The van der Waals surface area contributed by atoms with Crippen LogP contribution in [0.25, 0.3) is 0 Å². The van der Waals surface area contributed by atoms with E-state index < -0.39 is 0 Å². The van der Waals surface area contributed by atoms with Gasteiger partial charge >= 0.3 is 0 Å². The fourth-order valence-corrected chi connectivity index (χ4v) is 2.96. The fourth-order valence-electron chi connectivity index (χ4n) is 2.18. The lowest BCUT2D eigenvalue weighted by molar-refractivity contribution is 0.0910. The van der Waals surface area contributed by atoms with Crippen molar-refractivity contribution < 1.29 is 4.74 Å². The predicted molar refractivity (Wildman–Crippen MR) is 69.9 cm³/mol. The lowest BCUT2D eigenvalue weighted by Crippen LogP contribution is -2.21. The van der Waals surface area contributed by atoms with Crippen LogP contribution in [-0.2, 0) is 4.74 Å². The maximum absolute atomic E-state index is 6.24. The molecule has 1 fully saturated rings. The largest absolute Gasteiger partial charge is 0.373 e. The van der Waals surface area contributed by atoms with Gasteiger partial charge in [-0.1, -0.05) is 33.6 Å². The second kappa shape index (κ2) is 5.50. The summed E-state index contributed by atoms with van der Waals surface area (Å²) in [5.41, 5.74) is 1.10. The van der Waals surface area contributed by atoms with Crippen LogP contribution < -0.4 is 5.32 Å². The van der Waals surface area contributed by atoms with Crippen LogP contribution in [0.2, 0.25) is 5.02 Å². The molecule has 1 aromatic rings. The number of hydrogen-bond acceptors (Lipinski definition) is 2. The van der Waals surface area contributed by atoms with Crippen LogP contribution >= 0.6 is 27.5 Å². The van der Waals surface area contributed by atoms with E-state index in [1.165, 1.54) is 0 Å². The van der Waals surface area contributed by atoms with Crippen LogP contribution in [0, 0.1) is 5.92 Å². The summed E-state index contributed by atoms with van der Waals surface area (Å²) < 4.78 is 6.79. The SMILES string of the molecule is CNCC1CCOC1c1ccc(Br)cc1Cl. The molecule has 0 spiro atoms. The van der Waals surface area contributed by atoms with Crippen LogP contribution in [0.1, 0.15) is 18.1 Å². The number of benzene rings is 1. The highest BCUT2D eigenvalue weighted by Crippen LogP contribution is 2.38. The molecule has 2 rings (SSSR count). The second-order valence-corrected chi connectivity index (χ2v) is 5.39. The molecule has 1 heterocycles. The molecule has 88 valence electrons. The van der Waals surface area contributed by atoms with Gasteiger partial charge in [0.25, 0.3) is 0 Å². The molecular weight excluding hydrogens is 289 g/mol. The Morgan fingerprint density at radius 1 is 1.56 bits per heavy atom. The Labute approximate surface area is 109 Å². The Bertz CT molecular complexity index is 372. The molecule has 16 heavy (non-hydrogen) atoms. The molecule has 1 saturated heterocycles. The van der Waals surface area contributed by atoms with Crippen molar-refractivity contribution >= 4 is 27.5 Å². The minimum atomic E-state index is 0.132. The van der Waals surface area contributed by atoms with Gasteiger partial charge < -0.3 is 10.1 Å². The van der Waals surface area contributed by atoms with E-state index in [0.717, 1.165) is 34.6 Å². The third-order valence-corrected chi connectivity index (χ3v) is 3.77. The third-order valence-electron chi connectivity index (χ3n) is 2.95. The molecule has 0 bridgehead atoms. The Kier molecular flexibility index (Phi) is 4.25. The summed E-state index contributed by atoms with van der Waals surface area (Å²) in [4.78, 5) is 0. The van der Waals surface area contributed by atoms with Gasteiger partial charge in [0.2, 0.25) is 0 Å². The first kappa shape index (κ1) is 12.4. The molecule has 0 saturated carbocycles. The van der Waals surface area contributed by atoms with Crippen molar-refractivity contribution in [2.24, 2.45) is 5.92 Å². The van der Waals surface area contributed by atoms with Crippen LogP contribution in [0.3, 0.4) is 0 Å². The maximum atomic E-state index is 6.24. The molecule has 0 aromatic heterocycles. The summed E-state index contributed by atoms with van der Waals surface area (Å²) in [6.45, 7) is 1.79. The van der Waals surface area contributed by atoms with Crippen LogP contribution in [0.15, 0.2) is 22.7 Å². The molecule has 0 aliphatic carbocycles. The summed E-state index contributed by atoms with van der Waals surface area (Å²) in [6, 6.07) is 5.99. The van der Waals surface area contributed by atoms with Crippen LogP contribution in [0.5, 0.6) is 0 Å². The van der Waals surface area contributed by atoms with Crippen molar-refractivity contribution in [1.82, 2.24) is 5.32 Å². The predicted octanol–water partition coefficient (Wildman–Crippen LogP) is 3.40. The Balaban J connectivity index is 2.22. The summed E-state index contributed by atoms with van der Waals surface area (Å²) in [7, 11) is 1.97. The van der Waals surface area contributed by atoms with Crippen molar-refractivity contribution in [3.63, 3.8) is 0 Å². The van der Waals surface area contributed by atoms with E-state index in [2.05, 4.69) is 21.2 Å². The zero-order chi connectivity index (χ0) is 11.5. The first-order valence-electron chi connectivity index (χ1n) is 5.43. The van der Waals surface area contributed by atoms with Gasteiger partial charge in [-0.15, -0.1) is 0 Å². The van der Waals surface area contributed by atoms with Crippen molar-refractivity contribution in [2.75, 3.05) is 20.2 Å². The minimum Gasteiger partial charge on any atom is -0.373 e. The number of nitrogens with one attached hydrogen (secondary N) is 1. The highest BCUT2D eigenvalue weighted by atomic mass is 79.9. The van der Waals surface area contributed by atoms with Crippen molar-refractivity contribution in [1.29, 1.82) is 0 Å². The van der Waals surface area contributed by atoms with Gasteiger partial charge in [-0.25, -0.2) is 0 Å². The fraction of sp³-hybridized carbons (Fsp3) is 0.500. The molecule has 1 aromatic carbocycles. The lowest BCUT2D eigenvalue weighted by atomic mass is 9.95. The highest BCUT2D eigenvalue weighted by Gasteiger charge is 2.30. The average molecular weight is 305 g/mol. The molecule has 1 N–H and O–H groups in total. The molecule has 1 aliphatic rings. The van der Waals surface area contributed by atoms with E-state index in [1.807, 2.05) is 25.2 Å². The molecule has 2 nitrogen and oxygen atoms in total. The Morgan fingerprint density at radius 2 is 2.38 bits per heavy atom. The smallest absolute Gasteiger partial charge is 0.0880 e. The quantitative estimate of drug-likeness (QED) is 0.924. The van der Waals surface area contributed by atoms with E-state index in [1.54, 1.807) is 0 Å². The van der Waals surface area contributed by atoms with E-state index in [9.17, 15) is 0 Å². The first-order chi connectivity index (χ1) is 7.72. The van der Waals surface area contributed by atoms with E-state index >= 15 is 0 Å². The summed E-state index contributed by atoms with van der Waals surface area (Å²) in [5.74, 6) is 0.517. The van der Waals surface area contributed by atoms with Crippen LogP contribution in [0.4, 0.5) is 0 Å². The van der Waals surface area contributed by atoms with Gasteiger partial charge in [-0.2, -0.15) is 0 Å². The summed E-state index contributed by atoms with van der Waals surface area (Å²) >= 11 is 9.66. The average Bonchev–Trinajstić information content (AvgIpc) is 2.67. The highest BCUT2D eigenvalue weighted by molar-refractivity contribution is 9.10. The van der Waals surface area contributed by atoms with Crippen molar-refractivity contribution in [2.45, 2.75) is 12.5 Å². The Hall–Kier alpha value is -0.0900. The lowest BCUT2D eigenvalue weighted by Gasteiger charge is -2.19. The standard InChI is InChI=1S/C12H15BrClNO/c1-15-7-8-4-5-16-12(8)10-3-2-9(13)6-11(10)14/h2-3,6,8,12,15H,4-5,7H2,1H3. The van der Waals surface area contributed by atoms with Crippen molar-refractivity contribution in [3.8, 4) is 0 Å². The van der Waals surface area contributed by atoms with Gasteiger partial charge in [0.15, 0.2) is 0 Å². The monoisotopic (exact) mass is 303 g/mol. The number of ether oxygens (including phenoxy) is 1. The Morgan fingerprint density at radius 3 is 3.06 bits per heavy atom. The molecule has 0 amide bonds. The summed E-state index contributed by atoms with van der Waals surface area (Å²) in [6.07, 6.45) is 1.23. The molecule has 2 unspecified atom stereocenters. The van der Waals surface area contributed by atoms with E-state index in [-0.39, 0.29) is 6.10 Å². The number of hydrogen-bond donors (Lipinski definition) is 1. The first-order valence-corrected chi connectivity index (χ1v) is 6.60. The molecule has 0 radical (unpaired) electrons. The zero-order valence-electron chi connectivity index (χ0n) is 9.17. The van der Waals surface area contributed by atoms with E-state index in [0.29, 0.717) is 5.92 Å². The van der Waals surface area contributed by atoms with E-state index in [4.69, 9.17) is 16.3 Å². The van der Waals surface area contributed by atoms with Gasteiger partial charge in [0.05, 0.1) is 6.10 Å². The van der Waals surface area contributed by atoms with Gasteiger partial charge in [-0.3, -0.25) is 0 Å².